The molecule has 1 unspecified atom stereocenters. The van der Waals surface area contributed by atoms with E-state index in [2.05, 4.69) is 17.9 Å². The van der Waals surface area contributed by atoms with E-state index < -0.39 is 0 Å². The number of thiophene rings is 1. The molecule has 1 atom stereocenters. The van der Waals surface area contributed by atoms with Gasteiger partial charge in [0, 0.05) is 35.3 Å². The van der Waals surface area contributed by atoms with Crippen LogP contribution in [0.15, 0.2) is 18.2 Å². The van der Waals surface area contributed by atoms with Crippen LogP contribution in [-0.4, -0.2) is 23.7 Å². The van der Waals surface area contributed by atoms with Gasteiger partial charge in [0.15, 0.2) is 11.5 Å². The summed E-state index contributed by atoms with van der Waals surface area (Å²) in [5.74, 6) is 0.854. The third-order valence-electron chi connectivity index (χ3n) is 5.11. The van der Waals surface area contributed by atoms with Crippen molar-refractivity contribution in [2.45, 2.75) is 45.2 Å². The molecule has 0 radical (unpaired) electrons. The predicted molar refractivity (Wildman–Crippen MR) is 93.5 cm³/mol. The van der Waals surface area contributed by atoms with Gasteiger partial charge in [-0.15, -0.1) is 11.3 Å². The lowest BCUT2D eigenvalue weighted by Crippen LogP contribution is -2.38. The van der Waals surface area contributed by atoms with Gasteiger partial charge in [-0.25, -0.2) is 0 Å². The number of aromatic hydroxyl groups is 1. The molecule has 0 amide bonds. The van der Waals surface area contributed by atoms with Crippen molar-refractivity contribution in [2.24, 2.45) is 0 Å². The van der Waals surface area contributed by atoms with E-state index in [0.717, 1.165) is 25.9 Å². The first-order valence-corrected chi connectivity index (χ1v) is 9.25. The van der Waals surface area contributed by atoms with Gasteiger partial charge in [0.05, 0.1) is 7.11 Å². The molecule has 0 bridgehead atoms. The fourth-order valence-electron chi connectivity index (χ4n) is 3.96. The Morgan fingerprint density at radius 3 is 2.96 bits per heavy atom. The Labute approximate surface area is 141 Å². The second-order valence-electron chi connectivity index (χ2n) is 6.57. The maximum absolute atomic E-state index is 10.2. The van der Waals surface area contributed by atoms with Gasteiger partial charge in [0.2, 0.25) is 0 Å². The van der Waals surface area contributed by atoms with Crippen LogP contribution in [0.2, 0.25) is 0 Å². The minimum atomic E-state index is 0.261. The molecule has 4 rings (SSSR count). The standard InChI is InChI=1S/C19H23NO2S/c1-3-4-14-7-13-11-20-6-5-12-8-18(22-2)17(21)9-15(12)16(20)10-19(13)23-14/h7-9,16,21H,3-6,10-11H2,1-2H3. The first-order valence-electron chi connectivity index (χ1n) is 8.44. The quantitative estimate of drug-likeness (QED) is 0.921. The molecule has 3 nitrogen and oxygen atoms in total. The monoisotopic (exact) mass is 329 g/mol. The summed E-state index contributed by atoms with van der Waals surface area (Å²) in [6.07, 6.45) is 4.51. The number of nitrogens with zero attached hydrogens (tertiary/aromatic N) is 1. The van der Waals surface area contributed by atoms with Gasteiger partial charge in [-0.05, 0) is 47.7 Å². The Kier molecular flexibility index (Phi) is 3.82. The Morgan fingerprint density at radius 1 is 1.30 bits per heavy atom. The number of hydrogen-bond donors (Lipinski definition) is 1. The zero-order valence-corrected chi connectivity index (χ0v) is 14.6. The summed E-state index contributed by atoms with van der Waals surface area (Å²) in [6, 6.07) is 6.77. The average Bonchev–Trinajstić information content (AvgIpc) is 2.94. The topological polar surface area (TPSA) is 32.7 Å². The molecule has 2 aliphatic heterocycles. The van der Waals surface area contributed by atoms with Crippen molar-refractivity contribution >= 4 is 11.3 Å². The summed E-state index contributed by atoms with van der Waals surface area (Å²) in [5, 5.41) is 10.2. The van der Waals surface area contributed by atoms with Gasteiger partial charge in [-0.2, -0.15) is 0 Å². The Hall–Kier alpha value is -1.52. The van der Waals surface area contributed by atoms with Crippen LogP contribution >= 0.6 is 11.3 Å². The molecule has 0 spiro atoms. The normalized spacial score (nSPS) is 19.8. The van der Waals surface area contributed by atoms with Crippen molar-refractivity contribution < 1.29 is 9.84 Å². The molecule has 2 aliphatic rings. The third kappa shape index (κ3) is 2.54. The van der Waals surface area contributed by atoms with Crippen LogP contribution in [0.1, 0.15) is 45.8 Å². The van der Waals surface area contributed by atoms with Crippen LogP contribution in [0.4, 0.5) is 0 Å². The zero-order valence-electron chi connectivity index (χ0n) is 13.8. The molecular formula is C19H23NO2S. The fourth-order valence-corrected chi connectivity index (χ4v) is 5.28. The Balaban J connectivity index is 1.69. The Morgan fingerprint density at radius 2 is 2.17 bits per heavy atom. The molecule has 1 N–H and O–H groups in total. The predicted octanol–water partition coefficient (Wildman–Crippen LogP) is 4.07. The van der Waals surface area contributed by atoms with Crippen molar-refractivity contribution in [3.8, 4) is 11.5 Å². The van der Waals surface area contributed by atoms with Crippen molar-refractivity contribution in [3.63, 3.8) is 0 Å². The molecular weight excluding hydrogens is 306 g/mol. The van der Waals surface area contributed by atoms with E-state index in [0.29, 0.717) is 11.8 Å². The summed E-state index contributed by atoms with van der Waals surface area (Å²) in [6.45, 7) is 4.38. The number of ether oxygens (including phenoxy) is 1. The highest BCUT2D eigenvalue weighted by atomic mass is 32.1. The summed E-state index contributed by atoms with van der Waals surface area (Å²) >= 11 is 1.99. The summed E-state index contributed by atoms with van der Waals surface area (Å²) in [7, 11) is 1.62. The molecule has 23 heavy (non-hydrogen) atoms. The lowest BCUT2D eigenvalue weighted by atomic mass is 9.86. The second kappa shape index (κ2) is 5.84. The average molecular weight is 329 g/mol. The smallest absolute Gasteiger partial charge is 0.160 e. The van der Waals surface area contributed by atoms with E-state index in [1.807, 2.05) is 23.5 Å². The molecule has 0 aliphatic carbocycles. The van der Waals surface area contributed by atoms with Gasteiger partial charge in [0.25, 0.3) is 0 Å². The summed E-state index contributed by atoms with van der Waals surface area (Å²) < 4.78 is 5.27. The van der Waals surface area contributed by atoms with Crippen LogP contribution in [0.25, 0.3) is 0 Å². The highest BCUT2D eigenvalue weighted by Gasteiger charge is 2.33. The molecule has 1 aromatic carbocycles. The molecule has 0 fully saturated rings. The van der Waals surface area contributed by atoms with Gasteiger partial charge >= 0.3 is 0 Å². The maximum Gasteiger partial charge on any atom is 0.160 e. The lowest BCUT2D eigenvalue weighted by molar-refractivity contribution is 0.162. The van der Waals surface area contributed by atoms with Crippen LogP contribution in [0.5, 0.6) is 11.5 Å². The summed E-state index contributed by atoms with van der Waals surface area (Å²) in [4.78, 5) is 5.63. The summed E-state index contributed by atoms with van der Waals surface area (Å²) in [5.41, 5.74) is 4.14. The van der Waals surface area contributed by atoms with E-state index >= 15 is 0 Å². The van der Waals surface area contributed by atoms with Gasteiger partial charge < -0.3 is 9.84 Å². The number of phenols is 1. The number of fused-ring (bicyclic) bond motifs is 4. The van der Waals surface area contributed by atoms with E-state index in [4.69, 9.17) is 4.74 Å². The zero-order chi connectivity index (χ0) is 16.0. The molecule has 2 aromatic rings. The van der Waals surface area contributed by atoms with Crippen LogP contribution in [0.3, 0.4) is 0 Å². The lowest BCUT2D eigenvalue weighted by Gasteiger charge is -2.40. The second-order valence-corrected chi connectivity index (χ2v) is 7.80. The third-order valence-corrected chi connectivity index (χ3v) is 6.36. The largest absolute Gasteiger partial charge is 0.504 e. The fraction of sp³-hybridized carbons (Fsp3) is 0.474. The number of hydrogen-bond acceptors (Lipinski definition) is 4. The maximum atomic E-state index is 10.2. The first-order chi connectivity index (χ1) is 11.2. The van der Waals surface area contributed by atoms with E-state index in [1.165, 1.54) is 39.3 Å². The van der Waals surface area contributed by atoms with Crippen LogP contribution < -0.4 is 4.74 Å². The SMILES string of the molecule is CCCc1cc2c(s1)CC1c3cc(O)c(OC)cc3CCN1C2. The Bertz CT molecular complexity index is 737. The van der Waals surface area contributed by atoms with Gasteiger partial charge in [-0.3, -0.25) is 4.90 Å². The first kappa shape index (κ1) is 15.0. The molecule has 4 heteroatoms. The van der Waals surface area contributed by atoms with E-state index in [1.54, 1.807) is 7.11 Å². The number of phenolic OH excluding ortho intramolecular Hbond substituents is 1. The number of benzene rings is 1. The highest BCUT2D eigenvalue weighted by Crippen LogP contribution is 2.43. The van der Waals surface area contributed by atoms with Crippen molar-refractivity contribution in [2.75, 3.05) is 13.7 Å². The van der Waals surface area contributed by atoms with Gasteiger partial charge in [0.1, 0.15) is 0 Å². The van der Waals surface area contributed by atoms with E-state index in [9.17, 15) is 5.11 Å². The van der Waals surface area contributed by atoms with Crippen LogP contribution in [0, 0.1) is 0 Å². The highest BCUT2D eigenvalue weighted by molar-refractivity contribution is 7.12. The van der Waals surface area contributed by atoms with Crippen molar-refractivity contribution in [1.82, 2.24) is 4.90 Å². The van der Waals surface area contributed by atoms with Crippen molar-refractivity contribution in [1.29, 1.82) is 0 Å². The minimum absolute atomic E-state index is 0.261. The molecule has 0 saturated heterocycles. The molecule has 3 heterocycles. The van der Waals surface area contributed by atoms with Crippen LogP contribution in [-0.2, 0) is 25.8 Å². The number of methoxy groups -OCH3 is 1. The van der Waals surface area contributed by atoms with Crippen molar-refractivity contribution in [3.05, 3.63) is 44.6 Å². The molecule has 122 valence electrons. The van der Waals surface area contributed by atoms with E-state index in [-0.39, 0.29) is 5.75 Å². The minimum Gasteiger partial charge on any atom is -0.504 e. The molecule has 1 aromatic heterocycles. The number of aryl methyl sites for hydroxylation is 1. The molecule has 0 saturated carbocycles. The van der Waals surface area contributed by atoms with Gasteiger partial charge in [-0.1, -0.05) is 13.3 Å². The number of rotatable bonds is 3.